The summed E-state index contributed by atoms with van der Waals surface area (Å²) in [7, 11) is 0. The monoisotopic (exact) mass is 241 g/mol. The number of nitrogens with one attached hydrogen (secondary N) is 1. The van der Waals surface area contributed by atoms with Gasteiger partial charge >= 0.3 is 0 Å². The molecule has 0 aliphatic carbocycles. The lowest BCUT2D eigenvalue weighted by molar-refractivity contribution is 0.0105. The minimum atomic E-state index is 0.355. The molecule has 1 atom stereocenters. The SMILES string of the molecule is CCCCCCCCCCOC1CCCCN1. The number of hydrogen-bond acceptors (Lipinski definition) is 2. The van der Waals surface area contributed by atoms with Crippen LogP contribution in [0.3, 0.4) is 0 Å². The molecule has 102 valence electrons. The molecular weight excluding hydrogens is 210 g/mol. The minimum absolute atomic E-state index is 0.355. The van der Waals surface area contributed by atoms with E-state index in [1.54, 1.807) is 0 Å². The molecule has 0 radical (unpaired) electrons. The van der Waals surface area contributed by atoms with Gasteiger partial charge in [-0.2, -0.15) is 0 Å². The average molecular weight is 241 g/mol. The van der Waals surface area contributed by atoms with Crippen LogP contribution in [0.15, 0.2) is 0 Å². The fourth-order valence-corrected chi connectivity index (χ4v) is 2.42. The Balaban J connectivity index is 1.75. The molecule has 0 aromatic carbocycles. The maximum absolute atomic E-state index is 5.82. The molecule has 1 fully saturated rings. The van der Waals surface area contributed by atoms with Crippen LogP contribution >= 0.6 is 0 Å². The van der Waals surface area contributed by atoms with Gasteiger partial charge in [-0.15, -0.1) is 0 Å². The Morgan fingerprint density at radius 3 is 2.29 bits per heavy atom. The summed E-state index contributed by atoms with van der Waals surface area (Å²) in [4.78, 5) is 0. The molecule has 0 spiro atoms. The lowest BCUT2D eigenvalue weighted by Crippen LogP contribution is -2.36. The van der Waals surface area contributed by atoms with Crippen molar-refractivity contribution >= 4 is 0 Å². The van der Waals surface area contributed by atoms with Crippen LogP contribution < -0.4 is 5.32 Å². The molecule has 2 nitrogen and oxygen atoms in total. The van der Waals surface area contributed by atoms with Crippen LogP contribution in [0.25, 0.3) is 0 Å². The van der Waals surface area contributed by atoms with E-state index in [2.05, 4.69) is 12.2 Å². The van der Waals surface area contributed by atoms with Gasteiger partial charge in [0.05, 0.1) is 0 Å². The Morgan fingerprint density at radius 2 is 1.65 bits per heavy atom. The first-order valence-corrected chi connectivity index (χ1v) is 7.78. The van der Waals surface area contributed by atoms with E-state index in [-0.39, 0.29) is 0 Å². The van der Waals surface area contributed by atoms with Crippen molar-refractivity contribution in [1.82, 2.24) is 5.32 Å². The van der Waals surface area contributed by atoms with Crippen LogP contribution in [0.5, 0.6) is 0 Å². The second-order valence-electron chi connectivity index (χ2n) is 5.28. The first-order chi connectivity index (χ1) is 8.43. The third-order valence-electron chi connectivity index (χ3n) is 3.58. The van der Waals surface area contributed by atoms with Gasteiger partial charge in [0.25, 0.3) is 0 Å². The molecule has 0 saturated carbocycles. The normalized spacial score (nSPS) is 20.6. The van der Waals surface area contributed by atoms with Gasteiger partial charge in [0, 0.05) is 6.61 Å². The van der Waals surface area contributed by atoms with Crippen LogP contribution in [-0.4, -0.2) is 19.4 Å². The van der Waals surface area contributed by atoms with E-state index >= 15 is 0 Å². The molecule has 1 heterocycles. The molecule has 17 heavy (non-hydrogen) atoms. The fraction of sp³-hybridized carbons (Fsp3) is 1.00. The minimum Gasteiger partial charge on any atom is -0.363 e. The predicted molar refractivity (Wildman–Crippen MR) is 74.2 cm³/mol. The zero-order valence-electron chi connectivity index (χ0n) is 11.7. The van der Waals surface area contributed by atoms with Crippen molar-refractivity contribution in [2.24, 2.45) is 0 Å². The summed E-state index contributed by atoms with van der Waals surface area (Å²) < 4.78 is 5.82. The van der Waals surface area contributed by atoms with E-state index in [4.69, 9.17) is 4.74 Å². The first kappa shape index (κ1) is 15.0. The maximum atomic E-state index is 5.82. The van der Waals surface area contributed by atoms with Crippen LogP contribution in [0, 0.1) is 0 Å². The van der Waals surface area contributed by atoms with Crippen LogP contribution in [0.1, 0.15) is 77.6 Å². The van der Waals surface area contributed by atoms with Gasteiger partial charge in [0.2, 0.25) is 0 Å². The molecule has 1 N–H and O–H groups in total. The Kier molecular flexibility index (Phi) is 9.72. The van der Waals surface area contributed by atoms with E-state index in [1.807, 2.05) is 0 Å². The molecule has 2 heteroatoms. The fourth-order valence-electron chi connectivity index (χ4n) is 2.42. The third kappa shape index (κ3) is 8.62. The number of unbranched alkanes of at least 4 members (excludes halogenated alkanes) is 7. The molecule has 1 aliphatic rings. The van der Waals surface area contributed by atoms with Crippen molar-refractivity contribution < 1.29 is 4.74 Å². The zero-order valence-corrected chi connectivity index (χ0v) is 11.7. The van der Waals surface area contributed by atoms with Crippen molar-refractivity contribution in [3.8, 4) is 0 Å². The average Bonchev–Trinajstić information content (AvgIpc) is 2.38. The van der Waals surface area contributed by atoms with Gasteiger partial charge in [-0.3, -0.25) is 5.32 Å². The van der Waals surface area contributed by atoms with Crippen molar-refractivity contribution in [3.05, 3.63) is 0 Å². The van der Waals surface area contributed by atoms with Crippen molar-refractivity contribution in [2.45, 2.75) is 83.8 Å². The van der Waals surface area contributed by atoms with Gasteiger partial charge < -0.3 is 4.74 Å². The highest BCUT2D eigenvalue weighted by molar-refractivity contribution is 4.63. The van der Waals surface area contributed by atoms with E-state index in [0.29, 0.717) is 6.23 Å². The third-order valence-corrected chi connectivity index (χ3v) is 3.58. The first-order valence-electron chi connectivity index (χ1n) is 7.78. The Bertz CT molecular complexity index is 155. The quantitative estimate of drug-likeness (QED) is 0.578. The number of rotatable bonds is 10. The van der Waals surface area contributed by atoms with Crippen molar-refractivity contribution in [1.29, 1.82) is 0 Å². The molecule has 0 aromatic rings. The van der Waals surface area contributed by atoms with Crippen molar-refractivity contribution in [2.75, 3.05) is 13.2 Å². The second-order valence-corrected chi connectivity index (χ2v) is 5.28. The zero-order chi connectivity index (χ0) is 12.2. The van der Waals surface area contributed by atoms with Gasteiger partial charge in [0.1, 0.15) is 6.23 Å². The molecule has 1 aliphatic heterocycles. The molecule has 1 saturated heterocycles. The molecule has 1 rings (SSSR count). The lowest BCUT2D eigenvalue weighted by Gasteiger charge is -2.23. The number of ether oxygens (including phenoxy) is 1. The summed E-state index contributed by atoms with van der Waals surface area (Å²) in [5, 5.41) is 3.42. The van der Waals surface area contributed by atoms with E-state index in [0.717, 1.165) is 13.2 Å². The highest BCUT2D eigenvalue weighted by Crippen LogP contribution is 2.11. The summed E-state index contributed by atoms with van der Waals surface area (Å²) in [6, 6.07) is 0. The highest BCUT2D eigenvalue weighted by atomic mass is 16.5. The summed E-state index contributed by atoms with van der Waals surface area (Å²) in [6.07, 6.45) is 15.2. The van der Waals surface area contributed by atoms with Gasteiger partial charge in [-0.25, -0.2) is 0 Å². The summed E-state index contributed by atoms with van der Waals surface area (Å²) in [5.74, 6) is 0. The standard InChI is InChI=1S/C15H31NO/c1-2-3-4-5-6-7-8-11-14-17-15-12-9-10-13-16-15/h15-16H,2-14H2,1H3. The molecule has 1 unspecified atom stereocenters. The number of hydrogen-bond donors (Lipinski definition) is 1. The largest absolute Gasteiger partial charge is 0.363 e. The Morgan fingerprint density at radius 1 is 0.941 bits per heavy atom. The second kappa shape index (κ2) is 11.0. The van der Waals surface area contributed by atoms with Gasteiger partial charge in [-0.1, -0.05) is 51.9 Å². The van der Waals surface area contributed by atoms with E-state index in [9.17, 15) is 0 Å². The Hall–Kier alpha value is -0.0800. The summed E-state index contributed by atoms with van der Waals surface area (Å²) >= 11 is 0. The van der Waals surface area contributed by atoms with E-state index < -0.39 is 0 Å². The van der Waals surface area contributed by atoms with Crippen LogP contribution in [0.4, 0.5) is 0 Å². The molecule has 0 aromatic heterocycles. The molecular formula is C15H31NO. The van der Waals surface area contributed by atoms with Gasteiger partial charge in [0.15, 0.2) is 0 Å². The summed E-state index contributed by atoms with van der Waals surface area (Å²) in [6.45, 7) is 4.37. The Labute approximate surface area is 108 Å². The smallest absolute Gasteiger partial charge is 0.108 e. The maximum Gasteiger partial charge on any atom is 0.108 e. The lowest BCUT2D eigenvalue weighted by atomic mass is 10.1. The van der Waals surface area contributed by atoms with Crippen LogP contribution in [0.2, 0.25) is 0 Å². The van der Waals surface area contributed by atoms with Crippen LogP contribution in [-0.2, 0) is 4.74 Å². The van der Waals surface area contributed by atoms with Crippen molar-refractivity contribution in [3.63, 3.8) is 0 Å². The molecule has 0 bridgehead atoms. The summed E-state index contributed by atoms with van der Waals surface area (Å²) in [5.41, 5.74) is 0. The topological polar surface area (TPSA) is 21.3 Å². The number of piperidine rings is 1. The van der Waals surface area contributed by atoms with E-state index in [1.165, 1.54) is 70.6 Å². The molecule has 0 amide bonds. The van der Waals surface area contributed by atoms with Gasteiger partial charge in [-0.05, 0) is 32.2 Å². The highest BCUT2D eigenvalue weighted by Gasteiger charge is 2.11. The predicted octanol–water partition coefficient (Wildman–Crippen LogP) is 4.24.